The molecule has 1 atom stereocenters. The standard InChI is InChI=1S/C26H31FO/c1-3-19-5-8-22(9-6-19)25-15-14-23(16-26(25)27)20-10-12-21(13-11-20)24-7-4-18(2)28-17-24/h10-19,22H,3-9H2,1-2H3. The molecule has 4 rings (SSSR count). The van der Waals surface area contributed by atoms with Crippen molar-refractivity contribution in [2.75, 3.05) is 0 Å². The second-order valence-electron chi connectivity index (χ2n) is 8.57. The third kappa shape index (κ3) is 4.16. The van der Waals surface area contributed by atoms with E-state index in [2.05, 4.69) is 44.2 Å². The summed E-state index contributed by atoms with van der Waals surface area (Å²) < 4.78 is 20.5. The Morgan fingerprint density at radius 3 is 2.18 bits per heavy atom. The molecule has 1 aliphatic carbocycles. The van der Waals surface area contributed by atoms with Crippen LogP contribution < -0.4 is 0 Å². The molecule has 0 radical (unpaired) electrons. The maximum atomic E-state index is 14.9. The van der Waals surface area contributed by atoms with Gasteiger partial charge in [-0.25, -0.2) is 4.39 Å². The van der Waals surface area contributed by atoms with E-state index < -0.39 is 0 Å². The van der Waals surface area contributed by atoms with Crippen molar-refractivity contribution >= 4 is 5.57 Å². The summed E-state index contributed by atoms with van der Waals surface area (Å²) in [7, 11) is 0. The lowest BCUT2D eigenvalue weighted by Crippen LogP contribution is -2.13. The number of halogens is 1. The highest BCUT2D eigenvalue weighted by atomic mass is 19.1. The smallest absolute Gasteiger partial charge is 0.127 e. The molecule has 0 saturated heterocycles. The van der Waals surface area contributed by atoms with E-state index in [1.165, 1.54) is 30.4 Å². The van der Waals surface area contributed by atoms with Gasteiger partial charge in [0.15, 0.2) is 0 Å². The summed E-state index contributed by atoms with van der Waals surface area (Å²) >= 11 is 0. The Bertz CT molecular complexity index is 828. The second-order valence-corrected chi connectivity index (χ2v) is 8.57. The van der Waals surface area contributed by atoms with Gasteiger partial charge in [0.2, 0.25) is 0 Å². The van der Waals surface area contributed by atoms with Gasteiger partial charge in [0.05, 0.1) is 12.4 Å². The van der Waals surface area contributed by atoms with Crippen molar-refractivity contribution in [1.82, 2.24) is 0 Å². The Balaban J connectivity index is 1.48. The van der Waals surface area contributed by atoms with Crippen LogP contribution >= 0.6 is 0 Å². The van der Waals surface area contributed by atoms with Crippen LogP contribution in [0.5, 0.6) is 0 Å². The van der Waals surface area contributed by atoms with Gasteiger partial charge < -0.3 is 4.74 Å². The quantitative estimate of drug-likeness (QED) is 0.529. The van der Waals surface area contributed by atoms with E-state index in [4.69, 9.17) is 4.74 Å². The first-order chi connectivity index (χ1) is 13.6. The maximum Gasteiger partial charge on any atom is 0.127 e. The number of rotatable bonds is 4. The molecule has 2 aliphatic rings. The highest BCUT2D eigenvalue weighted by Gasteiger charge is 2.23. The lowest BCUT2D eigenvalue weighted by Gasteiger charge is -2.28. The van der Waals surface area contributed by atoms with Gasteiger partial charge in [-0.2, -0.15) is 0 Å². The fourth-order valence-corrected chi connectivity index (χ4v) is 4.69. The molecule has 0 amide bonds. The van der Waals surface area contributed by atoms with Crippen LogP contribution in [0.1, 0.15) is 75.8 Å². The fraction of sp³-hybridized carbons (Fsp3) is 0.462. The minimum absolute atomic E-state index is 0.0427. The number of ether oxygens (including phenoxy) is 1. The van der Waals surface area contributed by atoms with Crippen LogP contribution in [0.2, 0.25) is 0 Å². The average molecular weight is 379 g/mol. The molecule has 2 heteroatoms. The molecule has 1 heterocycles. The zero-order valence-corrected chi connectivity index (χ0v) is 17.1. The largest absolute Gasteiger partial charge is 0.498 e. The number of allylic oxidation sites excluding steroid dienone is 1. The minimum Gasteiger partial charge on any atom is -0.498 e. The Kier molecular flexibility index (Phi) is 5.85. The maximum absolute atomic E-state index is 14.9. The van der Waals surface area contributed by atoms with Crippen molar-refractivity contribution in [3.05, 3.63) is 65.7 Å². The summed E-state index contributed by atoms with van der Waals surface area (Å²) in [6.07, 6.45) is 10.3. The molecule has 0 N–H and O–H groups in total. The summed E-state index contributed by atoms with van der Waals surface area (Å²) in [5.74, 6) is 1.18. The van der Waals surface area contributed by atoms with Gasteiger partial charge in [0.1, 0.15) is 5.82 Å². The van der Waals surface area contributed by atoms with E-state index in [1.54, 1.807) is 6.07 Å². The molecule has 1 unspecified atom stereocenters. The summed E-state index contributed by atoms with van der Waals surface area (Å²) in [5.41, 5.74) is 5.37. The van der Waals surface area contributed by atoms with Crippen molar-refractivity contribution in [2.24, 2.45) is 5.92 Å². The van der Waals surface area contributed by atoms with Gasteiger partial charge >= 0.3 is 0 Å². The van der Waals surface area contributed by atoms with E-state index >= 15 is 0 Å². The van der Waals surface area contributed by atoms with Crippen molar-refractivity contribution in [2.45, 2.75) is 70.8 Å². The first kappa shape index (κ1) is 19.2. The van der Waals surface area contributed by atoms with Gasteiger partial charge in [-0.3, -0.25) is 0 Å². The monoisotopic (exact) mass is 378 g/mol. The second kappa shape index (κ2) is 8.51. The zero-order valence-electron chi connectivity index (χ0n) is 17.1. The molecule has 0 aromatic heterocycles. The molecule has 0 spiro atoms. The Morgan fingerprint density at radius 2 is 1.57 bits per heavy atom. The summed E-state index contributed by atoms with van der Waals surface area (Å²) in [5, 5.41) is 0. The topological polar surface area (TPSA) is 9.23 Å². The number of hydrogen-bond acceptors (Lipinski definition) is 1. The lowest BCUT2D eigenvalue weighted by atomic mass is 9.77. The summed E-state index contributed by atoms with van der Waals surface area (Å²) in [6, 6.07) is 14.3. The molecule has 1 aliphatic heterocycles. The predicted octanol–water partition coefficient (Wildman–Crippen LogP) is 7.72. The highest BCUT2D eigenvalue weighted by molar-refractivity contribution is 5.70. The van der Waals surface area contributed by atoms with Crippen LogP contribution in [-0.2, 0) is 4.74 Å². The number of benzene rings is 2. The molecule has 148 valence electrons. The van der Waals surface area contributed by atoms with E-state index in [0.29, 0.717) is 12.0 Å². The first-order valence-corrected chi connectivity index (χ1v) is 10.9. The van der Waals surface area contributed by atoms with Gasteiger partial charge in [-0.15, -0.1) is 0 Å². The van der Waals surface area contributed by atoms with Crippen molar-refractivity contribution in [1.29, 1.82) is 0 Å². The molecular formula is C26H31FO. The fourth-order valence-electron chi connectivity index (χ4n) is 4.69. The minimum atomic E-state index is -0.0427. The van der Waals surface area contributed by atoms with Crippen molar-refractivity contribution in [3.8, 4) is 11.1 Å². The highest BCUT2D eigenvalue weighted by Crippen LogP contribution is 2.39. The third-order valence-electron chi connectivity index (χ3n) is 6.72. The molecule has 28 heavy (non-hydrogen) atoms. The van der Waals surface area contributed by atoms with Crippen LogP contribution in [0.3, 0.4) is 0 Å². The van der Waals surface area contributed by atoms with Gasteiger partial charge in [-0.05, 0) is 91.2 Å². The molecule has 1 fully saturated rings. The van der Waals surface area contributed by atoms with Crippen LogP contribution in [0, 0.1) is 11.7 Å². The molecule has 1 nitrogen and oxygen atoms in total. The molecule has 2 aromatic carbocycles. The third-order valence-corrected chi connectivity index (χ3v) is 6.72. The van der Waals surface area contributed by atoms with Gasteiger partial charge in [-0.1, -0.05) is 49.7 Å². The zero-order chi connectivity index (χ0) is 19.5. The molecule has 0 bridgehead atoms. The van der Waals surface area contributed by atoms with Crippen LogP contribution in [-0.4, -0.2) is 6.10 Å². The van der Waals surface area contributed by atoms with E-state index in [-0.39, 0.29) is 5.82 Å². The van der Waals surface area contributed by atoms with Gasteiger partial charge in [0.25, 0.3) is 0 Å². The van der Waals surface area contributed by atoms with Gasteiger partial charge in [0, 0.05) is 0 Å². The van der Waals surface area contributed by atoms with Crippen molar-refractivity contribution < 1.29 is 9.13 Å². The predicted molar refractivity (Wildman–Crippen MR) is 115 cm³/mol. The molecule has 1 saturated carbocycles. The molecular weight excluding hydrogens is 347 g/mol. The Hall–Kier alpha value is -2.09. The van der Waals surface area contributed by atoms with Crippen LogP contribution in [0.25, 0.3) is 16.7 Å². The van der Waals surface area contributed by atoms with E-state index in [0.717, 1.165) is 48.3 Å². The molecule has 2 aromatic rings. The van der Waals surface area contributed by atoms with E-state index in [9.17, 15) is 4.39 Å². The van der Waals surface area contributed by atoms with Crippen molar-refractivity contribution in [3.63, 3.8) is 0 Å². The number of hydrogen-bond donors (Lipinski definition) is 0. The Morgan fingerprint density at radius 1 is 0.893 bits per heavy atom. The normalized spacial score (nSPS) is 25.1. The average Bonchev–Trinajstić information content (AvgIpc) is 2.74. The lowest BCUT2D eigenvalue weighted by molar-refractivity contribution is 0.144. The summed E-state index contributed by atoms with van der Waals surface area (Å²) in [6.45, 7) is 4.37. The van der Waals surface area contributed by atoms with Crippen LogP contribution in [0.4, 0.5) is 4.39 Å². The Labute approximate surface area is 168 Å². The first-order valence-electron chi connectivity index (χ1n) is 10.9. The van der Waals surface area contributed by atoms with E-state index in [1.807, 2.05) is 12.3 Å². The SMILES string of the molecule is CCC1CCC(c2ccc(-c3ccc(C4=COC(C)CC4)cc3)cc2F)CC1. The van der Waals surface area contributed by atoms with Crippen LogP contribution in [0.15, 0.2) is 48.7 Å². The summed E-state index contributed by atoms with van der Waals surface area (Å²) in [4.78, 5) is 0.